The molecule has 0 bridgehead atoms. The summed E-state index contributed by atoms with van der Waals surface area (Å²) < 4.78 is 11.2. The molecule has 2 aliphatic heterocycles. The molecule has 0 aromatic heterocycles. The standard InChI is InChI=1S/C20H29N3O4/c1-15-4-5-17-16(14-15)23(19(25)20(2,3)27-17)8-6-18(24)21-7-9-22-10-12-26-13-11-22/h4-5,14H,6-13H2,1-3H3,(H,21,24). The molecule has 0 atom stereocenters. The van der Waals surface area contributed by atoms with Crippen molar-refractivity contribution in [3.05, 3.63) is 23.8 Å². The van der Waals surface area contributed by atoms with E-state index in [4.69, 9.17) is 9.47 Å². The molecule has 2 heterocycles. The lowest BCUT2D eigenvalue weighted by atomic mass is 10.0. The van der Waals surface area contributed by atoms with E-state index < -0.39 is 5.60 Å². The van der Waals surface area contributed by atoms with Gasteiger partial charge in [-0.2, -0.15) is 0 Å². The highest BCUT2D eigenvalue weighted by Crippen LogP contribution is 2.38. The number of aryl methyl sites for hydroxylation is 1. The minimum Gasteiger partial charge on any atom is -0.476 e. The molecule has 2 amide bonds. The number of carbonyl (C=O) groups excluding carboxylic acids is 2. The fourth-order valence-corrected chi connectivity index (χ4v) is 3.38. The van der Waals surface area contributed by atoms with Crippen molar-refractivity contribution in [2.45, 2.75) is 32.8 Å². The average molecular weight is 375 g/mol. The molecular formula is C20H29N3O4. The molecule has 148 valence electrons. The zero-order valence-electron chi connectivity index (χ0n) is 16.4. The Morgan fingerprint density at radius 2 is 1.96 bits per heavy atom. The Morgan fingerprint density at radius 3 is 2.70 bits per heavy atom. The number of nitrogens with zero attached hydrogens (tertiary/aromatic N) is 2. The van der Waals surface area contributed by atoms with E-state index in [0.717, 1.165) is 44.1 Å². The summed E-state index contributed by atoms with van der Waals surface area (Å²) in [4.78, 5) is 29.0. The highest BCUT2D eigenvalue weighted by atomic mass is 16.5. The first kappa shape index (κ1) is 19.6. The van der Waals surface area contributed by atoms with Gasteiger partial charge in [0.15, 0.2) is 5.60 Å². The number of morpholine rings is 1. The van der Waals surface area contributed by atoms with E-state index in [-0.39, 0.29) is 18.2 Å². The first-order chi connectivity index (χ1) is 12.9. The molecule has 1 aromatic carbocycles. The van der Waals surface area contributed by atoms with Crippen molar-refractivity contribution in [3.8, 4) is 5.75 Å². The van der Waals surface area contributed by atoms with Crippen molar-refractivity contribution in [1.29, 1.82) is 0 Å². The van der Waals surface area contributed by atoms with Crippen LogP contribution in [0.15, 0.2) is 18.2 Å². The van der Waals surface area contributed by atoms with Crippen molar-refractivity contribution in [2.24, 2.45) is 0 Å². The first-order valence-electron chi connectivity index (χ1n) is 9.55. The lowest BCUT2D eigenvalue weighted by Crippen LogP contribution is -2.53. The van der Waals surface area contributed by atoms with Crippen LogP contribution in [0.2, 0.25) is 0 Å². The molecule has 7 nitrogen and oxygen atoms in total. The van der Waals surface area contributed by atoms with Crippen LogP contribution < -0.4 is 15.0 Å². The summed E-state index contributed by atoms with van der Waals surface area (Å²) in [6, 6.07) is 5.77. The van der Waals surface area contributed by atoms with Gasteiger partial charge in [0, 0.05) is 39.1 Å². The van der Waals surface area contributed by atoms with Gasteiger partial charge in [-0.3, -0.25) is 14.5 Å². The van der Waals surface area contributed by atoms with Crippen molar-refractivity contribution in [1.82, 2.24) is 10.2 Å². The minimum absolute atomic E-state index is 0.0467. The van der Waals surface area contributed by atoms with Crippen LogP contribution in [0, 0.1) is 6.92 Å². The van der Waals surface area contributed by atoms with E-state index in [9.17, 15) is 9.59 Å². The molecule has 0 radical (unpaired) electrons. The Morgan fingerprint density at radius 1 is 1.22 bits per heavy atom. The van der Waals surface area contributed by atoms with Crippen molar-refractivity contribution in [3.63, 3.8) is 0 Å². The largest absolute Gasteiger partial charge is 0.476 e. The number of carbonyl (C=O) groups is 2. The predicted molar refractivity (Wildman–Crippen MR) is 103 cm³/mol. The Balaban J connectivity index is 1.55. The third-order valence-corrected chi connectivity index (χ3v) is 4.95. The van der Waals surface area contributed by atoms with Crippen LogP contribution in [0.3, 0.4) is 0 Å². The van der Waals surface area contributed by atoms with Gasteiger partial charge in [0.05, 0.1) is 18.9 Å². The van der Waals surface area contributed by atoms with Gasteiger partial charge < -0.3 is 19.7 Å². The van der Waals surface area contributed by atoms with Gasteiger partial charge in [0.25, 0.3) is 5.91 Å². The Bertz CT molecular complexity index is 698. The third-order valence-electron chi connectivity index (χ3n) is 4.95. The van der Waals surface area contributed by atoms with Gasteiger partial charge in [-0.15, -0.1) is 0 Å². The van der Waals surface area contributed by atoms with Crippen LogP contribution in [0.1, 0.15) is 25.8 Å². The van der Waals surface area contributed by atoms with E-state index in [1.165, 1.54) is 0 Å². The second-order valence-electron chi connectivity index (χ2n) is 7.59. The summed E-state index contributed by atoms with van der Waals surface area (Å²) >= 11 is 0. The topological polar surface area (TPSA) is 71.1 Å². The maximum absolute atomic E-state index is 12.8. The average Bonchev–Trinajstić information content (AvgIpc) is 2.63. The normalized spacial score (nSPS) is 19.4. The van der Waals surface area contributed by atoms with Gasteiger partial charge in [0.1, 0.15) is 5.75 Å². The van der Waals surface area contributed by atoms with Crippen molar-refractivity contribution < 1.29 is 19.1 Å². The molecule has 0 spiro atoms. The van der Waals surface area contributed by atoms with E-state index in [1.54, 1.807) is 18.7 Å². The molecule has 1 saturated heterocycles. The number of benzene rings is 1. The van der Waals surface area contributed by atoms with Crippen molar-refractivity contribution in [2.75, 3.05) is 50.8 Å². The fourth-order valence-electron chi connectivity index (χ4n) is 3.38. The minimum atomic E-state index is -0.935. The number of anilines is 1. The third kappa shape index (κ3) is 4.78. The van der Waals surface area contributed by atoms with Crippen LogP contribution in [-0.2, 0) is 14.3 Å². The lowest BCUT2D eigenvalue weighted by molar-refractivity contribution is -0.132. The van der Waals surface area contributed by atoms with E-state index >= 15 is 0 Å². The molecule has 1 aromatic rings. The summed E-state index contributed by atoms with van der Waals surface area (Å²) in [5.41, 5.74) is 0.847. The molecule has 2 aliphatic rings. The molecule has 1 N–H and O–H groups in total. The molecule has 0 unspecified atom stereocenters. The maximum atomic E-state index is 12.8. The second-order valence-corrected chi connectivity index (χ2v) is 7.59. The molecule has 7 heteroatoms. The summed E-state index contributed by atoms with van der Waals surface area (Å²) in [6.07, 6.45) is 0.262. The molecule has 3 rings (SSSR count). The van der Waals surface area contributed by atoms with Gasteiger partial charge in [-0.1, -0.05) is 6.07 Å². The lowest BCUT2D eigenvalue weighted by Gasteiger charge is -2.39. The Kier molecular flexibility index (Phi) is 6.01. The Labute approximate surface area is 160 Å². The van der Waals surface area contributed by atoms with Gasteiger partial charge in [-0.25, -0.2) is 0 Å². The molecule has 1 fully saturated rings. The van der Waals surface area contributed by atoms with E-state index in [1.807, 2.05) is 25.1 Å². The van der Waals surface area contributed by atoms with Crippen LogP contribution in [0.4, 0.5) is 5.69 Å². The predicted octanol–water partition coefficient (Wildman–Crippen LogP) is 1.34. The number of ether oxygens (including phenoxy) is 2. The van der Waals surface area contributed by atoms with Gasteiger partial charge >= 0.3 is 0 Å². The van der Waals surface area contributed by atoms with Crippen LogP contribution in [0.5, 0.6) is 5.75 Å². The maximum Gasteiger partial charge on any atom is 0.270 e. The smallest absolute Gasteiger partial charge is 0.270 e. The van der Waals surface area contributed by atoms with E-state index in [0.29, 0.717) is 18.8 Å². The van der Waals surface area contributed by atoms with Crippen molar-refractivity contribution >= 4 is 17.5 Å². The van der Waals surface area contributed by atoms with Crippen LogP contribution in [-0.4, -0.2) is 68.3 Å². The molecule has 27 heavy (non-hydrogen) atoms. The van der Waals surface area contributed by atoms with Gasteiger partial charge in [-0.05, 0) is 38.5 Å². The highest BCUT2D eigenvalue weighted by molar-refractivity contribution is 6.02. The number of hydrogen-bond donors (Lipinski definition) is 1. The molecular weight excluding hydrogens is 346 g/mol. The summed E-state index contributed by atoms with van der Waals surface area (Å²) in [6.45, 7) is 10.6. The highest BCUT2D eigenvalue weighted by Gasteiger charge is 2.40. The second kappa shape index (κ2) is 8.27. The SMILES string of the molecule is Cc1ccc2c(c1)N(CCC(=O)NCCN1CCOCC1)C(=O)C(C)(C)O2. The number of nitrogens with one attached hydrogen (secondary N) is 1. The summed E-state index contributed by atoms with van der Waals surface area (Å²) in [5.74, 6) is 0.509. The van der Waals surface area contributed by atoms with Crippen LogP contribution in [0.25, 0.3) is 0 Å². The number of rotatable bonds is 6. The van der Waals surface area contributed by atoms with E-state index in [2.05, 4.69) is 10.2 Å². The molecule has 0 saturated carbocycles. The monoisotopic (exact) mass is 375 g/mol. The summed E-state index contributed by atoms with van der Waals surface area (Å²) in [5, 5.41) is 2.95. The van der Waals surface area contributed by atoms with Gasteiger partial charge in [0.2, 0.25) is 5.91 Å². The molecule has 0 aliphatic carbocycles. The first-order valence-corrected chi connectivity index (χ1v) is 9.55. The quantitative estimate of drug-likeness (QED) is 0.812. The zero-order valence-corrected chi connectivity index (χ0v) is 16.4. The number of amides is 2. The number of hydrogen-bond acceptors (Lipinski definition) is 5. The number of fused-ring (bicyclic) bond motifs is 1. The zero-order chi connectivity index (χ0) is 19.4. The van der Waals surface area contributed by atoms with Crippen LogP contribution >= 0.6 is 0 Å². The summed E-state index contributed by atoms with van der Waals surface area (Å²) in [7, 11) is 0. The Hall–Kier alpha value is -2.12. The fraction of sp³-hybridized carbons (Fsp3) is 0.600.